The Balaban J connectivity index is 4.42. The molecule has 0 saturated carbocycles. The van der Waals surface area contributed by atoms with E-state index in [1.54, 1.807) is 21.3 Å². The Kier molecular flexibility index (Phi) is 9.91. The van der Waals surface area contributed by atoms with E-state index >= 15 is 0 Å². The van der Waals surface area contributed by atoms with Gasteiger partial charge in [-0.05, 0) is 11.7 Å². The van der Waals surface area contributed by atoms with Crippen molar-refractivity contribution < 1.29 is 13.3 Å². The summed E-state index contributed by atoms with van der Waals surface area (Å²) in [6.45, 7) is 9.35. The molecule has 0 radical (unpaired) electrons. The van der Waals surface area contributed by atoms with Crippen LogP contribution in [-0.2, 0) is 13.3 Å². The maximum Gasteiger partial charge on any atom is 0.500 e. The molecule has 1 atom stereocenters. The van der Waals surface area contributed by atoms with Gasteiger partial charge in [-0.2, -0.15) is 11.2 Å². The lowest BCUT2D eigenvalue weighted by Gasteiger charge is -2.31. The first-order valence-electron chi connectivity index (χ1n) is 7.26. The lowest BCUT2D eigenvalue weighted by molar-refractivity contribution is 0.120. The third-order valence-corrected chi connectivity index (χ3v) is 17.4. The largest absolute Gasteiger partial charge is 0.500 e. The van der Waals surface area contributed by atoms with Gasteiger partial charge in [-0.3, -0.25) is 0 Å². The van der Waals surface area contributed by atoms with Crippen LogP contribution >= 0.6 is 11.2 Å². The Hall–Kier alpha value is 0.664. The molecule has 0 aromatic carbocycles. The van der Waals surface area contributed by atoms with Gasteiger partial charge in [-0.1, -0.05) is 45.8 Å². The minimum absolute atomic E-state index is 0.577. The first-order valence-corrected chi connectivity index (χ1v) is 13.5. The summed E-state index contributed by atoms with van der Waals surface area (Å²) < 4.78 is 16.5. The molecular formula is C13H32O3SSi2. The molecule has 0 aliphatic rings. The normalized spacial score (nSPS) is 14.7. The fraction of sp³-hybridized carbons (Fsp3) is 1.00. The Bertz CT molecular complexity index is 217. The summed E-state index contributed by atoms with van der Waals surface area (Å²) >= 11 is 2.24. The molecular weight excluding hydrogens is 292 g/mol. The van der Waals surface area contributed by atoms with Crippen LogP contribution in [0.15, 0.2) is 0 Å². The van der Waals surface area contributed by atoms with E-state index in [9.17, 15) is 0 Å². The molecule has 0 aromatic heterocycles. The van der Waals surface area contributed by atoms with Crippen molar-refractivity contribution in [2.45, 2.75) is 51.9 Å². The molecule has 0 aliphatic carbocycles. The van der Waals surface area contributed by atoms with E-state index in [4.69, 9.17) is 13.3 Å². The molecule has 0 saturated heterocycles. The van der Waals surface area contributed by atoms with Gasteiger partial charge in [0.25, 0.3) is 0 Å². The van der Waals surface area contributed by atoms with Crippen molar-refractivity contribution in [3.8, 4) is 0 Å². The van der Waals surface area contributed by atoms with Gasteiger partial charge in [0.15, 0.2) is 0 Å². The molecule has 1 unspecified atom stereocenters. The fourth-order valence-corrected chi connectivity index (χ4v) is 11.2. The summed E-state index contributed by atoms with van der Waals surface area (Å²) in [4.78, 5) is 0. The van der Waals surface area contributed by atoms with Crippen LogP contribution in [0.1, 0.15) is 27.7 Å². The molecule has 3 nitrogen and oxygen atoms in total. The third-order valence-electron chi connectivity index (χ3n) is 4.14. The molecule has 0 bridgehead atoms. The Morgan fingerprint density at radius 3 is 1.63 bits per heavy atom. The second-order valence-corrected chi connectivity index (χ2v) is 16.7. The molecule has 0 spiro atoms. The maximum absolute atomic E-state index is 5.51. The summed E-state index contributed by atoms with van der Waals surface area (Å²) in [7, 11) is 1.61. The minimum atomic E-state index is -2.41. The fourth-order valence-electron chi connectivity index (χ4n) is 2.36. The van der Waals surface area contributed by atoms with E-state index < -0.39 is 16.0 Å². The van der Waals surface area contributed by atoms with Crippen molar-refractivity contribution >= 4 is 27.2 Å². The van der Waals surface area contributed by atoms with Gasteiger partial charge in [0, 0.05) is 27.4 Å². The number of hydrogen-bond donors (Lipinski definition) is 0. The summed E-state index contributed by atoms with van der Waals surface area (Å²) in [5.74, 6) is 1.78. The van der Waals surface area contributed by atoms with Crippen LogP contribution < -0.4 is 0 Å². The zero-order valence-corrected chi connectivity index (χ0v) is 16.6. The monoisotopic (exact) mass is 324 g/mol. The van der Waals surface area contributed by atoms with E-state index in [1.165, 1.54) is 23.9 Å². The summed E-state index contributed by atoms with van der Waals surface area (Å²) in [5.41, 5.74) is 0. The highest BCUT2D eigenvalue weighted by Gasteiger charge is 2.40. The smallest absolute Gasteiger partial charge is 0.377 e. The second-order valence-electron chi connectivity index (χ2n) is 5.16. The first kappa shape index (κ1) is 19.7. The van der Waals surface area contributed by atoms with Crippen LogP contribution in [-0.4, -0.2) is 43.1 Å². The Morgan fingerprint density at radius 2 is 1.32 bits per heavy atom. The summed E-state index contributed by atoms with van der Waals surface area (Å²) in [5, 5.41) is 0. The van der Waals surface area contributed by atoms with Crippen LogP contribution in [0.5, 0.6) is 0 Å². The molecule has 116 valence electrons. The standard InChI is InChI=1S/C13H32O3SSi2/c1-8-18(9-2,10-3)17-11-13(4)12-19(14-5,15-6)16-7/h13H,8-12H2,1-7H3. The second kappa shape index (κ2) is 9.57. The van der Waals surface area contributed by atoms with E-state index in [1.807, 2.05) is 0 Å². The predicted octanol–water partition coefficient (Wildman–Crippen LogP) is 4.24. The average molecular weight is 325 g/mol. The van der Waals surface area contributed by atoms with Crippen LogP contribution in [0.3, 0.4) is 0 Å². The van der Waals surface area contributed by atoms with E-state index in [2.05, 4.69) is 38.9 Å². The number of rotatable bonds is 11. The van der Waals surface area contributed by atoms with Gasteiger partial charge in [-0.15, -0.1) is 0 Å². The van der Waals surface area contributed by atoms with Crippen LogP contribution in [0.25, 0.3) is 0 Å². The molecule has 0 N–H and O–H groups in total. The van der Waals surface area contributed by atoms with E-state index in [0.717, 1.165) is 6.04 Å². The number of hydrogen-bond acceptors (Lipinski definition) is 4. The molecule has 0 heterocycles. The highest BCUT2D eigenvalue weighted by molar-refractivity contribution is 8.28. The van der Waals surface area contributed by atoms with Crippen LogP contribution in [0.4, 0.5) is 0 Å². The van der Waals surface area contributed by atoms with Crippen molar-refractivity contribution in [2.75, 3.05) is 27.1 Å². The molecule has 6 heteroatoms. The van der Waals surface area contributed by atoms with E-state index in [0.29, 0.717) is 5.92 Å². The van der Waals surface area contributed by atoms with Gasteiger partial charge in [-0.25, -0.2) is 0 Å². The van der Waals surface area contributed by atoms with Crippen LogP contribution in [0.2, 0.25) is 24.2 Å². The third kappa shape index (κ3) is 5.89. The molecule has 0 aromatic rings. The quantitative estimate of drug-likeness (QED) is 0.531. The van der Waals surface area contributed by atoms with Crippen molar-refractivity contribution in [3.05, 3.63) is 0 Å². The Morgan fingerprint density at radius 1 is 0.895 bits per heavy atom. The molecule has 0 amide bonds. The van der Waals surface area contributed by atoms with Crippen molar-refractivity contribution in [3.63, 3.8) is 0 Å². The van der Waals surface area contributed by atoms with Crippen molar-refractivity contribution in [2.24, 2.45) is 5.92 Å². The lowest BCUT2D eigenvalue weighted by atomic mass is 10.3. The Labute approximate surface area is 125 Å². The van der Waals surface area contributed by atoms with Gasteiger partial charge in [0.2, 0.25) is 0 Å². The zero-order valence-electron chi connectivity index (χ0n) is 13.7. The van der Waals surface area contributed by atoms with Gasteiger partial charge in [0.05, 0.1) is 0 Å². The summed E-state index contributed by atoms with van der Waals surface area (Å²) in [6.07, 6.45) is 0. The maximum atomic E-state index is 5.51. The van der Waals surface area contributed by atoms with Gasteiger partial charge in [0.1, 0.15) is 7.22 Å². The average Bonchev–Trinajstić information content (AvgIpc) is 2.47. The summed E-state index contributed by atoms with van der Waals surface area (Å²) in [6, 6.07) is 5.03. The lowest BCUT2D eigenvalue weighted by Crippen LogP contribution is -2.44. The minimum Gasteiger partial charge on any atom is -0.377 e. The highest BCUT2D eigenvalue weighted by atomic mass is 32.4. The first-order chi connectivity index (χ1) is 8.96. The van der Waals surface area contributed by atoms with Gasteiger partial charge < -0.3 is 13.3 Å². The zero-order chi connectivity index (χ0) is 14.9. The van der Waals surface area contributed by atoms with Gasteiger partial charge >= 0.3 is 8.80 Å². The molecule has 0 fully saturated rings. The molecule has 0 rings (SSSR count). The topological polar surface area (TPSA) is 27.7 Å². The van der Waals surface area contributed by atoms with Crippen molar-refractivity contribution in [1.82, 2.24) is 0 Å². The van der Waals surface area contributed by atoms with E-state index in [-0.39, 0.29) is 0 Å². The van der Waals surface area contributed by atoms with Crippen LogP contribution in [0, 0.1) is 5.92 Å². The molecule has 19 heavy (non-hydrogen) atoms. The molecule has 0 aliphatic heterocycles. The van der Waals surface area contributed by atoms with Crippen molar-refractivity contribution in [1.29, 1.82) is 0 Å². The highest BCUT2D eigenvalue weighted by Crippen LogP contribution is 2.35. The SMILES string of the molecule is CC[Si](CC)(CC)SCC(C)C[Si](OC)(OC)OC. The predicted molar refractivity (Wildman–Crippen MR) is 90.4 cm³/mol.